The predicted molar refractivity (Wildman–Crippen MR) is 142 cm³/mol. The molecule has 0 radical (unpaired) electrons. The molecule has 1 N–H and O–H groups in total. The molecule has 0 bridgehead atoms. The molecular formula is C25H38N4O5S2. The van der Waals surface area contributed by atoms with Crippen LogP contribution in [0, 0.1) is 5.92 Å². The number of likely N-dealkylation sites (N-methyl/N-ethyl adjacent to an activating group) is 2. The quantitative estimate of drug-likeness (QED) is 0.196. The molecule has 2 saturated carbocycles. The highest BCUT2D eigenvalue weighted by Crippen LogP contribution is 2.39. The van der Waals surface area contributed by atoms with Crippen LogP contribution in [0.15, 0.2) is 9.81 Å². The van der Waals surface area contributed by atoms with Gasteiger partial charge in [-0.3, -0.25) is 33.9 Å². The maximum atomic E-state index is 13.8. The van der Waals surface area contributed by atoms with Crippen molar-refractivity contribution in [2.45, 2.75) is 76.8 Å². The second-order valence-corrected chi connectivity index (χ2v) is 12.4. The van der Waals surface area contributed by atoms with Gasteiger partial charge in [0, 0.05) is 19.6 Å². The number of amides is 6. The van der Waals surface area contributed by atoms with Crippen LogP contribution in [0.3, 0.4) is 0 Å². The Labute approximate surface area is 222 Å². The molecule has 200 valence electrons. The predicted octanol–water partition coefficient (Wildman–Crippen LogP) is 3.20. The summed E-state index contributed by atoms with van der Waals surface area (Å²) in [7, 11) is 3.14. The summed E-state index contributed by atoms with van der Waals surface area (Å²) in [6.07, 6.45) is 5.95. The zero-order valence-electron chi connectivity index (χ0n) is 21.7. The summed E-state index contributed by atoms with van der Waals surface area (Å²) in [5, 5.41) is 3.12. The van der Waals surface area contributed by atoms with Crippen molar-refractivity contribution in [3.63, 3.8) is 0 Å². The molecule has 36 heavy (non-hydrogen) atoms. The van der Waals surface area contributed by atoms with E-state index in [1.165, 1.54) is 40.4 Å². The maximum absolute atomic E-state index is 13.8. The fourth-order valence-electron chi connectivity index (χ4n) is 5.23. The number of barbiturate groups is 1. The SMILES string of the molecule is CCSC(SCC)=C1C(=O)N(CC2CCC2)C(=O)N([C@H]2CCCC(NC)(C(=O)N(C)C=O)CC2)C1=O. The number of rotatable bonds is 10. The van der Waals surface area contributed by atoms with Crippen molar-refractivity contribution in [3.05, 3.63) is 9.81 Å². The molecule has 1 heterocycles. The summed E-state index contributed by atoms with van der Waals surface area (Å²) < 4.78 is 0.673. The number of carbonyl (C=O) groups is 5. The summed E-state index contributed by atoms with van der Waals surface area (Å²) >= 11 is 2.93. The zero-order chi connectivity index (χ0) is 26.5. The Bertz CT molecular complexity index is 914. The lowest BCUT2D eigenvalue weighted by Crippen LogP contribution is -2.61. The van der Waals surface area contributed by atoms with E-state index in [9.17, 15) is 24.0 Å². The molecule has 2 atom stereocenters. The topological polar surface area (TPSA) is 107 Å². The van der Waals surface area contributed by atoms with E-state index in [0.717, 1.165) is 24.2 Å². The van der Waals surface area contributed by atoms with Gasteiger partial charge in [0.15, 0.2) is 0 Å². The standard InChI is InChI=1S/C25H38N4O5S2/c1-5-35-22(36-6-2)19-20(31)28(15-17-9-7-10-17)24(34)29(21(19)32)18-11-8-13-25(26-3,14-12-18)23(33)27(4)16-30/h16-18,26H,5-15H2,1-4H3/t18-,25?/m0/s1. The highest BCUT2D eigenvalue weighted by Gasteiger charge is 2.49. The van der Waals surface area contributed by atoms with Gasteiger partial charge >= 0.3 is 6.03 Å². The molecular weight excluding hydrogens is 500 g/mol. The van der Waals surface area contributed by atoms with Crippen molar-refractivity contribution >= 4 is 53.7 Å². The third kappa shape index (κ3) is 5.67. The van der Waals surface area contributed by atoms with E-state index in [1.54, 1.807) is 7.05 Å². The third-order valence-electron chi connectivity index (χ3n) is 7.53. The van der Waals surface area contributed by atoms with Crippen molar-refractivity contribution in [1.82, 2.24) is 20.0 Å². The summed E-state index contributed by atoms with van der Waals surface area (Å²) in [5.41, 5.74) is -0.832. The Morgan fingerprint density at radius 2 is 1.72 bits per heavy atom. The molecule has 6 amide bonds. The van der Waals surface area contributed by atoms with Crippen molar-refractivity contribution in [2.75, 3.05) is 32.1 Å². The molecule has 1 aliphatic heterocycles. The normalized spacial score (nSPS) is 25.5. The Balaban J connectivity index is 1.96. The number of hydrogen-bond acceptors (Lipinski definition) is 8. The number of carbonyl (C=O) groups excluding carboxylic acids is 5. The van der Waals surface area contributed by atoms with Crippen LogP contribution >= 0.6 is 23.5 Å². The molecule has 2 aliphatic carbocycles. The minimum atomic E-state index is -0.937. The molecule has 0 aromatic heterocycles. The number of nitrogens with zero attached hydrogens (tertiary/aromatic N) is 3. The van der Waals surface area contributed by atoms with E-state index in [2.05, 4.69) is 5.32 Å². The average Bonchev–Trinajstić information content (AvgIpc) is 3.05. The van der Waals surface area contributed by atoms with Gasteiger partial charge in [-0.25, -0.2) is 4.79 Å². The number of imide groups is 3. The van der Waals surface area contributed by atoms with Gasteiger partial charge < -0.3 is 5.32 Å². The molecule has 3 rings (SSSR count). The Kier molecular flexibility index (Phi) is 10.1. The first-order valence-electron chi connectivity index (χ1n) is 12.8. The van der Waals surface area contributed by atoms with E-state index < -0.39 is 29.4 Å². The fourth-order valence-corrected chi connectivity index (χ4v) is 7.43. The van der Waals surface area contributed by atoms with Crippen LogP contribution in [0.4, 0.5) is 4.79 Å². The number of urea groups is 1. The van der Waals surface area contributed by atoms with E-state index in [4.69, 9.17) is 0 Å². The molecule has 3 fully saturated rings. The third-order valence-corrected chi connectivity index (χ3v) is 9.74. The minimum Gasteiger partial charge on any atom is -0.306 e. The van der Waals surface area contributed by atoms with Crippen LogP contribution in [0.2, 0.25) is 0 Å². The molecule has 0 aromatic carbocycles. The van der Waals surface area contributed by atoms with E-state index in [0.29, 0.717) is 60.8 Å². The van der Waals surface area contributed by atoms with Gasteiger partial charge in [-0.2, -0.15) is 0 Å². The highest BCUT2D eigenvalue weighted by atomic mass is 32.2. The summed E-state index contributed by atoms with van der Waals surface area (Å²) in [6.45, 7) is 4.29. The lowest BCUT2D eigenvalue weighted by atomic mass is 9.85. The van der Waals surface area contributed by atoms with Crippen LogP contribution < -0.4 is 5.32 Å². The van der Waals surface area contributed by atoms with Gasteiger partial charge in [0.1, 0.15) is 5.57 Å². The number of hydrogen-bond donors (Lipinski definition) is 1. The van der Waals surface area contributed by atoms with E-state index >= 15 is 0 Å². The van der Waals surface area contributed by atoms with Crippen molar-refractivity contribution in [1.29, 1.82) is 0 Å². The van der Waals surface area contributed by atoms with Crippen LogP contribution in [0.1, 0.15) is 65.2 Å². The Hall–Kier alpha value is -1.85. The van der Waals surface area contributed by atoms with Crippen LogP contribution in [0.25, 0.3) is 0 Å². The number of nitrogens with one attached hydrogen (secondary N) is 1. The average molecular weight is 539 g/mol. The molecule has 11 heteroatoms. The van der Waals surface area contributed by atoms with Crippen LogP contribution in [0.5, 0.6) is 0 Å². The van der Waals surface area contributed by atoms with Gasteiger partial charge in [-0.15, -0.1) is 23.5 Å². The second kappa shape index (κ2) is 12.6. The van der Waals surface area contributed by atoms with Crippen molar-refractivity contribution < 1.29 is 24.0 Å². The molecule has 0 aromatic rings. The summed E-state index contributed by atoms with van der Waals surface area (Å²) in [4.78, 5) is 68.9. The fraction of sp³-hybridized carbons (Fsp3) is 0.720. The minimum absolute atomic E-state index is 0.105. The van der Waals surface area contributed by atoms with Crippen molar-refractivity contribution in [2.24, 2.45) is 5.92 Å². The van der Waals surface area contributed by atoms with Crippen LogP contribution in [-0.2, 0) is 19.2 Å². The Morgan fingerprint density at radius 1 is 1.06 bits per heavy atom. The smallest absolute Gasteiger partial charge is 0.306 e. The molecule has 0 spiro atoms. The molecule has 1 saturated heterocycles. The lowest BCUT2D eigenvalue weighted by molar-refractivity contribution is -0.142. The zero-order valence-corrected chi connectivity index (χ0v) is 23.3. The second-order valence-electron chi connectivity index (χ2n) is 9.64. The lowest BCUT2D eigenvalue weighted by Gasteiger charge is -2.41. The van der Waals surface area contributed by atoms with Gasteiger partial charge in [-0.1, -0.05) is 20.3 Å². The molecule has 9 nitrogen and oxygen atoms in total. The van der Waals surface area contributed by atoms with E-state index in [1.807, 2.05) is 13.8 Å². The first kappa shape index (κ1) is 28.7. The van der Waals surface area contributed by atoms with Gasteiger partial charge in [0.25, 0.3) is 11.8 Å². The summed E-state index contributed by atoms with van der Waals surface area (Å²) in [5.74, 6) is 0.377. The van der Waals surface area contributed by atoms with E-state index in [-0.39, 0.29) is 17.4 Å². The summed E-state index contributed by atoms with van der Waals surface area (Å²) in [6, 6.07) is -0.970. The first-order chi connectivity index (χ1) is 17.2. The maximum Gasteiger partial charge on any atom is 0.334 e. The Morgan fingerprint density at radius 3 is 2.25 bits per heavy atom. The first-order valence-corrected chi connectivity index (χ1v) is 14.8. The molecule has 1 unspecified atom stereocenters. The monoisotopic (exact) mass is 538 g/mol. The van der Waals surface area contributed by atoms with Gasteiger partial charge in [0.2, 0.25) is 12.3 Å². The number of thioether (sulfide) groups is 2. The van der Waals surface area contributed by atoms with Gasteiger partial charge in [-0.05, 0) is 69.4 Å². The largest absolute Gasteiger partial charge is 0.334 e. The van der Waals surface area contributed by atoms with Crippen molar-refractivity contribution in [3.8, 4) is 0 Å². The van der Waals surface area contributed by atoms with Gasteiger partial charge in [0.05, 0.1) is 9.78 Å². The molecule has 3 aliphatic rings. The highest BCUT2D eigenvalue weighted by molar-refractivity contribution is 8.22. The van der Waals surface area contributed by atoms with Crippen LogP contribution in [-0.4, -0.2) is 88.6 Å².